The molecule has 0 saturated carbocycles. The van der Waals surface area contributed by atoms with Crippen molar-refractivity contribution in [2.24, 2.45) is 7.05 Å². The van der Waals surface area contributed by atoms with E-state index in [1.807, 2.05) is 55.2 Å². The number of aromatic nitrogens is 2. The fourth-order valence-electron chi connectivity index (χ4n) is 5.85. The molecule has 7 nitrogen and oxygen atoms in total. The van der Waals surface area contributed by atoms with Crippen molar-refractivity contribution in [3.8, 4) is 17.2 Å². The number of hydrogen-bond acceptors (Lipinski definition) is 6. The van der Waals surface area contributed by atoms with E-state index in [0.717, 1.165) is 48.0 Å². The van der Waals surface area contributed by atoms with E-state index < -0.39 is 0 Å². The standard InChI is InChI=1S/C31H31N3O4/c1-19-13-27(35)24(18-34-12-5-4-8-25(34)20-7-6-11-32-16-20)31-29(19)30(36)28(38-31)14-21-17-33(2)26-10-9-22(37-3)15-23(21)26/h6-7,9-11,13-17,25,35H,4-5,8,12,18H2,1-3H3/b28-14-/t25-/m0/s1. The summed E-state index contributed by atoms with van der Waals surface area (Å²) in [5.74, 6) is 1.46. The average Bonchev–Trinajstić information content (AvgIpc) is 3.43. The van der Waals surface area contributed by atoms with Gasteiger partial charge in [0.05, 0.1) is 18.2 Å². The molecule has 1 N–H and O–H groups in total. The van der Waals surface area contributed by atoms with Crippen molar-refractivity contribution in [1.29, 1.82) is 0 Å². The maximum Gasteiger partial charge on any atom is 0.232 e. The zero-order chi connectivity index (χ0) is 26.4. The number of fused-ring (bicyclic) bond motifs is 2. The minimum absolute atomic E-state index is 0.153. The van der Waals surface area contributed by atoms with Crippen LogP contribution in [0.3, 0.4) is 0 Å². The van der Waals surface area contributed by atoms with Gasteiger partial charge in [0, 0.05) is 54.7 Å². The van der Waals surface area contributed by atoms with Crippen molar-refractivity contribution in [3.63, 3.8) is 0 Å². The van der Waals surface area contributed by atoms with Gasteiger partial charge in [0.2, 0.25) is 5.78 Å². The number of phenols is 1. The number of likely N-dealkylation sites (tertiary alicyclic amines) is 1. The van der Waals surface area contributed by atoms with Gasteiger partial charge in [-0.2, -0.15) is 0 Å². The predicted octanol–water partition coefficient (Wildman–Crippen LogP) is 5.94. The molecule has 0 bridgehead atoms. The zero-order valence-electron chi connectivity index (χ0n) is 21.9. The third-order valence-electron chi connectivity index (χ3n) is 7.78. The van der Waals surface area contributed by atoms with Crippen molar-refractivity contribution in [2.75, 3.05) is 13.7 Å². The van der Waals surface area contributed by atoms with Crippen molar-refractivity contribution in [3.05, 3.63) is 88.6 Å². The lowest BCUT2D eigenvalue weighted by Crippen LogP contribution is -2.33. The van der Waals surface area contributed by atoms with Crippen LogP contribution >= 0.6 is 0 Å². The second-order valence-corrected chi connectivity index (χ2v) is 10.2. The number of rotatable bonds is 5. The van der Waals surface area contributed by atoms with Gasteiger partial charge in [-0.25, -0.2) is 0 Å². The number of piperidine rings is 1. The molecule has 4 aromatic rings. The number of pyridine rings is 1. The maximum atomic E-state index is 13.6. The molecule has 2 aliphatic heterocycles. The SMILES string of the molecule is COc1ccc2c(c1)c(/C=C1\Oc3c(CN4CCCC[C@H]4c4cccnc4)c(O)cc(C)c3C1=O)cn2C. The van der Waals surface area contributed by atoms with Crippen molar-refractivity contribution < 1.29 is 19.4 Å². The number of nitrogens with zero attached hydrogens (tertiary/aromatic N) is 3. The van der Waals surface area contributed by atoms with Crippen LogP contribution in [-0.2, 0) is 13.6 Å². The number of Topliss-reactive ketones (excluding diaryl/α,β-unsaturated/α-hetero) is 1. The summed E-state index contributed by atoms with van der Waals surface area (Å²) in [6.45, 7) is 3.23. The summed E-state index contributed by atoms with van der Waals surface area (Å²) < 4.78 is 13.7. The summed E-state index contributed by atoms with van der Waals surface area (Å²) in [6, 6.07) is 11.8. The molecule has 1 saturated heterocycles. The Hall–Kier alpha value is -4.10. The number of ketones is 1. The number of aromatic hydroxyl groups is 1. The lowest BCUT2D eigenvalue weighted by molar-refractivity contribution is 0.101. The first kappa shape index (κ1) is 24.2. The van der Waals surface area contributed by atoms with Crippen LogP contribution in [0.15, 0.2) is 60.7 Å². The monoisotopic (exact) mass is 509 g/mol. The molecule has 4 heterocycles. The van der Waals surface area contributed by atoms with E-state index in [1.165, 1.54) is 5.56 Å². The highest BCUT2D eigenvalue weighted by molar-refractivity contribution is 6.16. The first-order valence-corrected chi connectivity index (χ1v) is 13.0. The molecule has 6 rings (SSSR count). The van der Waals surface area contributed by atoms with Gasteiger partial charge in [0.1, 0.15) is 17.2 Å². The number of hydrogen-bond donors (Lipinski definition) is 1. The molecule has 1 atom stereocenters. The number of carbonyl (C=O) groups is 1. The van der Waals surface area contributed by atoms with Crippen molar-refractivity contribution >= 4 is 22.8 Å². The molecule has 0 radical (unpaired) electrons. The number of ether oxygens (including phenoxy) is 2. The molecule has 0 aliphatic carbocycles. The molecule has 2 aliphatic rings. The van der Waals surface area contributed by atoms with Crippen LogP contribution in [0.1, 0.15) is 57.9 Å². The van der Waals surface area contributed by atoms with Crippen molar-refractivity contribution in [1.82, 2.24) is 14.5 Å². The van der Waals surface area contributed by atoms with E-state index in [0.29, 0.717) is 29.0 Å². The van der Waals surface area contributed by atoms with Crippen LogP contribution in [0, 0.1) is 6.92 Å². The second-order valence-electron chi connectivity index (χ2n) is 10.2. The molecule has 0 amide bonds. The van der Waals surface area contributed by atoms with E-state index >= 15 is 0 Å². The van der Waals surface area contributed by atoms with Gasteiger partial charge < -0.3 is 19.1 Å². The van der Waals surface area contributed by atoms with E-state index in [4.69, 9.17) is 9.47 Å². The summed E-state index contributed by atoms with van der Waals surface area (Å²) in [7, 11) is 3.61. The van der Waals surface area contributed by atoms with Crippen LogP contribution in [0.2, 0.25) is 0 Å². The van der Waals surface area contributed by atoms with E-state index in [2.05, 4.69) is 16.0 Å². The first-order valence-electron chi connectivity index (χ1n) is 13.0. The fraction of sp³-hybridized carbons (Fsp3) is 0.290. The Labute approximate surface area is 221 Å². The highest BCUT2D eigenvalue weighted by Gasteiger charge is 2.35. The summed E-state index contributed by atoms with van der Waals surface area (Å²) in [4.78, 5) is 20.3. The minimum atomic E-state index is -0.166. The molecular weight excluding hydrogens is 478 g/mol. The summed E-state index contributed by atoms with van der Waals surface area (Å²) in [6.07, 6.45) is 10.7. The van der Waals surface area contributed by atoms with E-state index in [-0.39, 0.29) is 23.3 Å². The largest absolute Gasteiger partial charge is 0.507 e. The normalized spacial score (nSPS) is 18.7. The number of aryl methyl sites for hydroxylation is 2. The molecule has 0 unspecified atom stereocenters. The quantitative estimate of drug-likeness (QED) is 0.336. The van der Waals surface area contributed by atoms with Crippen LogP contribution in [0.5, 0.6) is 17.2 Å². The topological polar surface area (TPSA) is 76.8 Å². The van der Waals surface area contributed by atoms with Gasteiger partial charge in [0.25, 0.3) is 0 Å². The third kappa shape index (κ3) is 4.13. The Morgan fingerprint density at radius 2 is 2.11 bits per heavy atom. The molecule has 38 heavy (non-hydrogen) atoms. The molecular formula is C31H31N3O4. The van der Waals surface area contributed by atoms with Gasteiger partial charge in [-0.05, 0) is 73.8 Å². The molecule has 194 valence electrons. The second kappa shape index (κ2) is 9.65. The Morgan fingerprint density at radius 3 is 2.89 bits per heavy atom. The van der Waals surface area contributed by atoms with Crippen LogP contribution in [0.25, 0.3) is 17.0 Å². The van der Waals surface area contributed by atoms with Gasteiger partial charge in [-0.15, -0.1) is 0 Å². The Balaban J connectivity index is 1.38. The highest BCUT2D eigenvalue weighted by Crippen LogP contribution is 2.44. The third-order valence-corrected chi connectivity index (χ3v) is 7.78. The maximum absolute atomic E-state index is 13.6. The summed E-state index contributed by atoms with van der Waals surface area (Å²) in [5.41, 5.74) is 4.95. The van der Waals surface area contributed by atoms with Gasteiger partial charge in [0.15, 0.2) is 5.76 Å². The number of methoxy groups -OCH3 is 1. The number of allylic oxidation sites excluding steroid dienone is 1. The highest BCUT2D eigenvalue weighted by atomic mass is 16.5. The van der Waals surface area contributed by atoms with E-state index in [1.54, 1.807) is 25.4 Å². The van der Waals surface area contributed by atoms with Crippen molar-refractivity contribution in [2.45, 2.75) is 38.8 Å². The molecule has 2 aromatic carbocycles. The Morgan fingerprint density at radius 1 is 1.24 bits per heavy atom. The zero-order valence-corrected chi connectivity index (χ0v) is 21.9. The predicted molar refractivity (Wildman–Crippen MR) is 146 cm³/mol. The van der Waals surface area contributed by atoms with Crippen LogP contribution < -0.4 is 9.47 Å². The fourth-order valence-corrected chi connectivity index (χ4v) is 5.85. The summed E-state index contributed by atoms with van der Waals surface area (Å²) >= 11 is 0. The Kier molecular flexibility index (Phi) is 6.16. The lowest BCUT2D eigenvalue weighted by Gasteiger charge is -2.36. The van der Waals surface area contributed by atoms with Gasteiger partial charge in [-0.3, -0.25) is 14.7 Å². The first-order chi connectivity index (χ1) is 18.4. The summed E-state index contributed by atoms with van der Waals surface area (Å²) in [5, 5.41) is 12.0. The number of benzene rings is 2. The van der Waals surface area contributed by atoms with Crippen LogP contribution in [0.4, 0.5) is 0 Å². The number of phenolic OH excluding ortho intramolecular Hbond substituents is 1. The van der Waals surface area contributed by atoms with Crippen LogP contribution in [-0.4, -0.2) is 39.0 Å². The molecule has 1 fully saturated rings. The molecule has 0 spiro atoms. The molecule has 2 aromatic heterocycles. The smallest absolute Gasteiger partial charge is 0.232 e. The van der Waals surface area contributed by atoms with E-state index in [9.17, 15) is 9.90 Å². The molecule has 7 heteroatoms. The number of carbonyl (C=O) groups excluding carboxylic acids is 1. The van der Waals surface area contributed by atoms with Gasteiger partial charge in [-0.1, -0.05) is 12.5 Å². The Bertz CT molecular complexity index is 1570. The average molecular weight is 510 g/mol. The lowest BCUT2D eigenvalue weighted by atomic mass is 9.94. The van der Waals surface area contributed by atoms with Gasteiger partial charge >= 0.3 is 0 Å². The minimum Gasteiger partial charge on any atom is -0.507 e.